The standard InChI is InChI=1S/C19H24N4O6S/c1-21-10-14(9-15(21)19(20)25)30(26,27)23-6-4-22(5-7-23)11-16(24)13-2-3-17-18(8-13)29-12-28-17/h2-3,8-10,16,24H,4-7,11-12H2,1H3,(H2,20,25). The Morgan fingerprint density at radius 1 is 1.17 bits per heavy atom. The number of aromatic nitrogens is 1. The van der Waals surface area contributed by atoms with E-state index in [2.05, 4.69) is 0 Å². The molecular formula is C19H24N4O6S. The van der Waals surface area contributed by atoms with Crippen LogP contribution in [0.1, 0.15) is 22.2 Å². The van der Waals surface area contributed by atoms with Crippen LogP contribution in [0.3, 0.4) is 0 Å². The monoisotopic (exact) mass is 436 g/mol. The maximum absolute atomic E-state index is 12.9. The molecule has 162 valence electrons. The Balaban J connectivity index is 1.37. The van der Waals surface area contributed by atoms with Gasteiger partial charge in [-0.25, -0.2) is 8.42 Å². The minimum atomic E-state index is -3.72. The minimum Gasteiger partial charge on any atom is -0.454 e. The molecule has 1 aromatic carbocycles. The lowest BCUT2D eigenvalue weighted by Crippen LogP contribution is -2.49. The summed E-state index contributed by atoms with van der Waals surface area (Å²) in [4.78, 5) is 13.5. The molecule has 3 heterocycles. The molecule has 1 aromatic heterocycles. The Morgan fingerprint density at radius 2 is 1.87 bits per heavy atom. The van der Waals surface area contributed by atoms with Gasteiger partial charge in [-0.05, 0) is 23.8 Å². The number of β-amino-alcohol motifs (C(OH)–C–C–N with tert-alkyl or cyclic N) is 1. The Bertz CT molecular complexity index is 1060. The van der Waals surface area contributed by atoms with Crippen LogP contribution >= 0.6 is 0 Å². The van der Waals surface area contributed by atoms with Crippen LogP contribution in [0.25, 0.3) is 0 Å². The molecule has 2 aliphatic heterocycles. The van der Waals surface area contributed by atoms with Gasteiger partial charge in [0.15, 0.2) is 11.5 Å². The number of amides is 1. The number of piperazine rings is 1. The molecular weight excluding hydrogens is 412 g/mol. The lowest BCUT2D eigenvalue weighted by Gasteiger charge is -2.34. The molecule has 2 aliphatic rings. The Labute approximate surface area is 174 Å². The third kappa shape index (κ3) is 3.88. The quantitative estimate of drug-likeness (QED) is 0.647. The van der Waals surface area contributed by atoms with Crippen molar-refractivity contribution in [3.63, 3.8) is 0 Å². The number of hydrogen-bond acceptors (Lipinski definition) is 7. The van der Waals surface area contributed by atoms with Crippen molar-refractivity contribution in [3.05, 3.63) is 41.7 Å². The normalized spacial score (nSPS) is 18.5. The second-order valence-corrected chi connectivity index (χ2v) is 9.31. The molecule has 0 spiro atoms. The van der Waals surface area contributed by atoms with E-state index in [0.29, 0.717) is 31.1 Å². The SMILES string of the molecule is Cn1cc(S(=O)(=O)N2CCN(CC(O)c3ccc4c(c3)OCO4)CC2)cc1C(N)=O. The van der Waals surface area contributed by atoms with Gasteiger partial charge in [-0.3, -0.25) is 9.69 Å². The largest absolute Gasteiger partial charge is 0.454 e. The number of primary amides is 1. The average molecular weight is 436 g/mol. The van der Waals surface area contributed by atoms with Crippen LogP contribution in [-0.4, -0.2) is 72.7 Å². The highest BCUT2D eigenvalue weighted by Crippen LogP contribution is 2.34. The van der Waals surface area contributed by atoms with Crippen molar-refractivity contribution in [1.29, 1.82) is 0 Å². The summed E-state index contributed by atoms with van der Waals surface area (Å²) in [7, 11) is -2.15. The maximum atomic E-state index is 12.9. The molecule has 10 nitrogen and oxygen atoms in total. The molecule has 4 rings (SSSR count). The third-order valence-corrected chi connectivity index (χ3v) is 7.28. The minimum absolute atomic E-state index is 0.0487. The number of carbonyl (C=O) groups is 1. The van der Waals surface area contributed by atoms with Crippen molar-refractivity contribution in [1.82, 2.24) is 13.8 Å². The zero-order valence-electron chi connectivity index (χ0n) is 16.5. The van der Waals surface area contributed by atoms with E-state index in [1.807, 2.05) is 4.90 Å². The molecule has 1 atom stereocenters. The summed E-state index contributed by atoms with van der Waals surface area (Å²) in [5, 5.41) is 10.6. The topological polar surface area (TPSA) is 127 Å². The van der Waals surface area contributed by atoms with Crippen molar-refractivity contribution in [2.24, 2.45) is 12.8 Å². The number of sulfonamides is 1. The zero-order valence-corrected chi connectivity index (χ0v) is 17.3. The predicted molar refractivity (Wildman–Crippen MR) is 107 cm³/mol. The number of nitrogens with two attached hydrogens (primary N) is 1. The van der Waals surface area contributed by atoms with Gasteiger partial charge in [0, 0.05) is 46.0 Å². The van der Waals surface area contributed by atoms with Crippen LogP contribution in [-0.2, 0) is 17.1 Å². The highest BCUT2D eigenvalue weighted by molar-refractivity contribution is 7.89. The zero-order chi connectivity index (χ0) is 21.5. The van der Waals surface area contributed by atoms with E-state index in [0.717, 1.165) is 5.56 Å². The maximum Gasteiger partial charge on any atom is 0.265 e. The second kappa shape index (κ2) is 7.91. The van der Waals surface area contributed by atoms with Crippen molar-refractivity contribution < 1.29 is 27.8 Å². The number of ether oxygens (including phenoxy) is 2. The van der Waals surface area contributed by atoms with Crippen molar-refractivity contribution in [2.45, 2.75) is 11.0 Å². The number of benzene rings is 1. The smallest absolute Gasteiger partial charge is 0.265 e. The summed E-state index contributed by atoms with van der Waals surface area (Å²) < 4.78 is 39.2. The molecule has 0 saturated carbocycles. The molecule has 11 heteroatoms. The van der Waals surface area contributed by atoms with Gasteiger partial charge < -0.3 is 24.9 Å². The van der Waals surface area contributed by atoms with Gasteiger partial charge in [-0.2, -0.15) is 4.31 Å². The summed E-state index contributed by atoms with van der Waals surface area (Å²) in [6, 6.07) is 6.63. The van der Waals surface area contributed by atoms with Gasteiger partial charge in [0.2, 0.25) is 16.8 Å². The van der Waals surface area contributed by atoms with Crippen molar-refractivity contribution in [3.8, 4) is 11.5 Å². The number of nitrogens with zero attached hydrogens (tertiary/aromatic N) is 3. The van der Waals surface area contributed by atoms with Gasteiger partial charge >= 0.3 is 0 Å². The van der Waals surface area contributed by atoms with E-state index >= 15 is 0 Å². The number of aliphatic hydroxyl groups is 1. The first-order chi connectivity index (χ1) is 14.3. The van der Waals surface area contributed by atoms with Gasteiger partial charge in [0.25, 0.3) is 5.91 Å². The third-order valence-electron chi connectivity index (χ3n) is 5.41. The fourth-order valence-electron chi connectivity index (χ4n) is 3.69. The lowest BCUT2D eigenvalue weighted by molar-refractivity contribution is 0.0919. The predicted octanol–water partition coefficient (Wildman–Crippen LogP) is -0.107. The molecule has 1 unspecified atom stereocenters. The number of aryl methyl sites for hydroxylation is 1. The van der Waals surface area contributed by atoms with E-state index in [1.165, 1.54) is 21.1 Å². The molecule has 1 fully saturated rings. The Hall–Kier alpha value is -2.60. The molecule has 1 amide bonds. The molecule has 0 radical (unpaired) electrons. The second-order valence-electron chi connectivity index (χ2n) is 7.37. The summed E-state index contributed by atoms with van der Waals surface area (Å²) in [5.74, 6) is 0.590. The molecule has 2 aromatic rings. The van der Waals surface area contributed by atoms with E-state index in [-0.39, 0.29) is 30.5 Å². The molecule has 30 heavy (non-hydrogen) atoms. The van der Waals surface area contributed by atoms with Crippen LogP contribution in [0.15, 0.2) is 35.4 Å². The summed E-state index contributed by atoms with van der Waals surface area (Å²) in [5.41, 5.74) is 6.14. The van der Waals surface area contributed by atoms with E-state index < -0.39 is 22.0 Å². The van der Waals surface area contributed by atoms with Gasteiger partial charge in [0.05, 0.1) is 6.10 Å². The number of fused-ring (bicyclic) bond motifs is 1. The number of aliphatic hydroxyl groups excluding tert-OH is 1. The summed E-state index contributed by atoms with van der Waals surface area (Å²) in [6.45, 7) is 2.10. The van der Waals surface area contributed by atoms with Crippen molar-refractivity contribution in [2.75, 3.05) is 39.5 Å². The Kier molecular flexibility index (Phi) is 5.45. The van der Waals surface area contributed by atoms with E-state index in [4.69, 9.17) is 15.2 Å². The van der Waals surface area contributed by atoms with Crippen LogP contribution in [0.2, 0.25) is 0 Å². The van der Waals surface area contributed by atoms with E-state index in [9.17, 15) is 18.3 Å². The first-order valence-electron chi connectivity index (χ1n) is 9.52. The van der Waals surface area contributed by atoms with E-state index in [1.54, 1.807) is 25.2 Å². The lowest BCUT2D eigenvalue weighted by atomic mass is 10.1. The van der Waals surface area contributed by atoms with Crippen molar-refractivity contribution >= 4 is 15.9 Å². The van der Waals surface area contributed by atoms with Gasteiger partial charge in [0.1, 0.15) is 10.6 Å². The van der Waals surface area contributed by atoms with Crippen LogP contribution in [0, 0.1) is 0 Å². The van der Waals surface area contributed by atoms with Crippen LogP contribution in [0.4, 0.5) is 0 Å². The molecule has 0 bridgehead atoms. The molecule has 1 saturated heterocycles. The fraction of sp³-hybridized carbons (Fsp3) is 0.421. The number of carbonyl (C=O) groups excluding carboxylic acids is 1. The first-order valence-corrected chi connectivity index (χ1v) is 11.0. The Morgan fingerprint density at radius 3 is 2.53 bits per heavy atom. The highest BCUT2D eigenvalue weighted by Gasteiger charge is 2.31. The van der Waals surface area contributed by atoms with Gasteiger partial charge in [-0.1, -0.05) is 6.07 Å². The number of rotatable bonds is 6. The number of hydrogen-bond donors (Lipinski definition) is 2. The van der Waals surface area contributed by atoms with Gasteiger partial charge in [-0.15, -0.1) is 0 Å². The average Bonchev–Trinajstić information content (AvgIpc) is 3.34. The summed E-state index contributed by atoms with van der Waals surface area (Å²) >= 11 is 0. The highest BCUT2D eigenvalue weighted by atomic mass is 32.2. The summed E-state index contributed by atoms with van der Waals surface area (Å²) in [6.07, 6.45) is 0.667. The first kappa shape index (κ1) is 20.7. The molecule has 3 N–H and O–H groups in total. The van der Waals surface area contributed by atoms with Crippen LogP contribution < -0.4 is 15.2 Å². The molecule has 0 aliphatic carbocycles. The van der Waals surface area contributed by atoms with Crippen LogP contribution in [0.5, 0.6) is 11.5 Å². The fourth-order valence-corrected chi connectivity index (χ4v) is 5.19.